The normalized spacial score (nSPS) is 11.2. The molecule has 0 radical (unpaired) electrons. The van der Waals surface area contributed by atoms with E-state index < -0.39 is 5.82 Å². The number of carbonyl (C=O) groups excluding carboxylic acids is 1. The summed E-state index contributed by atoms with van der Waals surface area (Å²) < 4.78 is 18.6. The van der Waals surface area contributed by atoms with Gasteiger partial charge in [-0.15, -0.1) is 6.42 Å². The number of nitrogens with one attached hydrogen (secondary N) is 2. The van der Waals surface area contributed by atoms with Crippen LogP contribution in [0.5, 0.6) is 5.75 Å². The molecule has 0 bridgehead atoms. The molecule has 0 heterocycles. The zero-order chi connectivity index (χ0) is 13.4. The summed E-state index contributed by atoms with van der Waals surface area (Å²) in [5, 5.41) is 5.01. The smallest absolute Gasteiger partial charge is 0.315 e. The second kappa shape index (κ2) is 7.17. The number of para-hydroxylation sites is 1. The molecule has 0 unspecified atom stereocenters. The second-order valence-electron chi connectivity index (χ2n) is 3.63. The van der Waals surface area contributed by atoms with Gasteiger partial charge in [-0.25, -0.2) is 9.18 Å². The van der Waals surface area contributed by atoms with Crippen molar-refractivity contribution in [1.29, 1.82) is 0 Å². The molecule has 1 rings (SSSR count). The van der Waals surface area contributed by atoms with Gasteiger partial charge in [-0.2, -0.15) is 0 Å². The van der Waals surface area contributed by atoms with Gasteiger partial charge in [0, 0.05) is 0 Å². The van der Waals surface area contributed by atoms with Crippen LogP contribution in [0.25, 0.3) is 0 Å². The second-order valence-corrected chi connectivity index (χ2v) is 3.63. The summed E-state index contributed by atoms with van der Waals surface area (Å²) in [6.45, 7) is 2.15. The molecular formula is C13H15FN2O2. The maximum absolute atomic E-state index is 13.3. The van der Waals surface area contributed by atoms with Gasteiger partial charge in [0.2, 0.25) is 0 Å². The summed E-state index contributed by atoms with van der Waals surface area (Å²) in [4.78, 5) is 11.2. The fourth-order valence-corrected chi connectivity index (χ4v) is 1.23. The lowest BCUT2D eigenvalue weighted by Crippen LogP contribution is -2.40. The van der Waals surface area contributed by atoms with Crippen molar-refractivity contribution in [2.75, 3.05) is 13.1 Å². The first-order valence-electron chi connectivity index (χ1n) is 5.50. The summed E-state index contributed by atoms with van der Waals surface area (Å²) in [6, 6.07) is 5.73. The first-order chi connectivity index (χ1) is 8.63. The summed E-state index contributed by atoms with van der Waals surface area (Å²) in [7, 11) is 0. The van der Waals surface area contributed by atoms with Crippen LogP contribution < -0.4 is 15.4 Å². The molecule has 0 fully saturated rings. The fourth-order valence-electron chi connectivity index (χ4n) is 1.23. The average Bonchev–Trinajstić information content (AvgIpc) is 2.36. The molecular weight excluding hydrogens is 235 g/mol. The van der Waals surface area contributed by atoms with Crippen LogP contribution >= 0.6 is 0 Å². The Morgan fingerprint density at radius 2 is 2.22 bits per heavy atom. The third-order valence-corrected chi connectivity index (χ3v) is 2.07. The SMILES string of the molecule is C#CCNC(=O)NC[C@H](C)Oc1ccccc1F. The predicted molar refractivity (Wildman–Crippen MR) is 66.7 cm³/mol. The zero-order valence-electron chi connectivity index (χ0n) is 10.1. The molecule has 5 heteroatoms. The van der Waals surface area contributed by atoms with E-state index in [1.807, 2.05) is 0 Å². The van der Waals surface area contributed by atoms with Crippen molar-refractivity contribution in [2.45, 2.75) is 13.0 Å². The van der Waals surface area contributed by atoms with Gasteiger partial charge in [-0.05, 0) is 19.1 Å². The van der Waals surface area contributed by atoms with Gasteiger partial charge in [-0.1, -0.05) is 18.1 Å². The molecule has 2 N–H and O–H groups in total. The van der Waals surface area contributed by atoms with Crippen LogP contribution in [-0.2, 0) is 0 Å². The molecule has 1 atom stereocenters. The first-order valence-corrected chi connectivity index (χ1v) is 5.50. The predicted octanol–water partition coefficient (Wildman–Crippen LogP) is 1.53. The quantitative estimate of drug-likeness (QED) is 0.778. The third kappa shape index (κ3) is 4.74. The third-order valence-electron chi connectivity index (χ3n) is 2.07. The highest BCUT2D eigenvalue weighted by atomic mass is 19.1. The van der Waals surface area contributed by atoms with Crippen molar-refractivity contribution < 1.29 is 13.9 Å². The molecule has 0 aliphatic heterocycles. The largest absolute Gasteiger partial charge is 0.486 e. The van der Waals surface area contributed by atoms with Crippen LogP contribution in [0.3, 0.4) is 0 Å². The van der Waals surface area contributed by atoms with Gasteiger partial charge >= 0.3 is 6.03 Å². The molecule has 0 aromatic heterocycles. The van der Waals surface area contributed by atoms with E-state index in [2.05, 4.69) is 16.6 Å². The van der Waals surface area contributed by atoms with E-state index in [9.17, 15) is 9.18 Å². The van der Waals surface area contributed by atoms with Gasteiger partial charge in [0.25, 0.3) is 0 Å². The molecule has 0 saturated carbocycles. The molecule has 0 saturated heterocycles. The highest BCUT2D eigenvalue weighted by Gasteiger charge is 2.08. The van der Waals surface area contributed by atoms with Crippen molar-refractivity contribution >= 4 is 6.03 Å². The minimum absolute atomic E-state index is 0.161. The number of ether oxygens (including phenoxy) is 1. The van der Waals surface area contributed by atoms with Crippen LogP contribution in [-0.4, -0.2) is 25.2 Å². The number of benzene rings is 1. The lowest BCUT2D eigenvalue weighted by atomic mass is 10.3. The number of urea groups is 1. The Hall–Kier alpha value is -2.22. The van der Waals surface area contributed by atoms with Crippen molar-refractivity contribution in [2.24, 2.45) is 0 Å². The Morgan fingerprint density at radius 1 is 1.50 bits per heavy atom. The maximum Gasteiger partial charge on any atom is 0.315 e. The van der Waals surface area contributed by atoms with E-state index in [1.54, 1.807) is 19.1 Å². The van der Waals surface area contributed by atoms with E-state index in [-0.39, 0.29) is 31.0 Å². The fraction of sp³-hybridized carbons (Fsp3) is 0.308. The van der Waals surface area contributed by atoms with Crippen LogP contribution in [0.15, 0.2) is 24.3 Å². The van der Waals surface area contributed by atoms with Gasteiger partial charge < -0.3 is 15.4 Å². The summed E-state index contributed by atoms with van der Waals surface area (Å²) >= 11 is 0. The Labute approximate surface area is 106 Å². The standard InChI is InChI=1S/C13H15FN2O2/c1-3-8-15-13(17)16-9-10(2)18-12-7-5-4-6-11(12)14/h1,4-7,10H,8-9H2,2H3,(H2,15,16,17)/t10-/m0/s1. The molecule has 0 spiro atoms. The Morgan fingerprint density at radius 3 is 2.89 bits per heavy atom. The Balaban J connectivity index is 2.34. The van der Waals surface area contributed by atoms with Gasteiger partial charge in [0.15, 0.2) is 11.6 Å². The molecule has 96 valence electrons. The van der Waals surface area contributed by atoms with Gasteiger partial charge in [-0.3, -0.25) is 0 Å². The van der Waals surface area contributed by atoms with E-state index in [4.69, 9.17) is 11.2 Å². The highest BCUT2D eigenvalue weighted by molar-refractivity contribution is 5.74. The molecule has 0 aliphatic rings. The number of terminal acetylenes is 1. The molecule has 4 nitrogen and oxygen atoms in total. The lowest BCUT2D eigenvalue weighted by Gasteiger charge is -2.15. The van der Waals surface area contributed by atoms with E-state index in [1.165, 1.54) is 12.1 Å². The minimum atomic E-state index is -0.430. The Kier molecular flexibility index (Phi) is 5.52. The maximum atomic E-state index is 13.3. The number of hydrogen-bond donors (Lipinski definition) is 2. The van der Waals surface area contributed by atoms with Gasteiger partial charge in [0.05, 0.1) is 13.1 Å². The Bertz CT molecular complexity index is 443. The summed E-state index contributed by atoms with van der Waals surface area (Å²) in [5.74, 6) is 2.01. The van der Waals surface area contributed by atoms with Crippen LogP contribution in [0.4, 0.5) is 9.18 Å². The number of hydrogen-bond acceptors (Lipinski definition) is 2. The molecule has 1 aromatic carbocycles. The van der Waals surface area contributed by atoms with Crippen molar-refractivity contribution in [1.82, 2.24) is 10.6 Å². The number of amides is 2. The van der Waals surface area contributed by atoms with E-state index in [0.717, 1.165) is 0 Å². The number of rotatable bonds is 5. The number of carbonyl (C=O) groups is 1. The van der Waals surface area contributed by atoms with Crippen LogP contribution in [0.2, 0.25) is 0 Å². The summed E-state index contributed by atoms with van der Waals surface area (Å²) in [6.07, 6.45) is 4.64. The molecule has 1 aromatic rings. The summed E-state index contributed by atoms with van der Waals surface area (Å²) in [5.41, 5.74) is 0. The van der Waals surface area contributed by atoms with E-state index in [0.29, 0.717) is 0 Å². The van der Waals surface area contributed by atoms with Crippen molar-refractivity contribution in [3.8, 4) is 18.1 Å². The zero-order valence-corrected chi connectivity index (χ0v) is 10.1. The van der Waals surface area contributed by atoms with Crippen LogP contribution in [0, 0.1) is 18.2 Å². The monoisotopic (exact) mass is 250 g/mol. The number of halogens is 1. The van der Waals surface area contributed by atoms with Crippen LogP contribution in [0.1, 0.15) is 6.92 Å². The molecule has 18 heavy (non-hydrogen) atoms. The first kappa shape index (κ1) is 13.8. The van der Waals surface area contributed by atoms with Crippen molar-refractivity contribution in [3.63, 3.8) is 0 Å². The minimum Gasteiger partial charge on any atom is -0.486 e. The van der Waals surface area contributed by atoms with E-state index >= 15 is 0 Å². The van der Waals surface area contributed by atoms with Crippen molar-refractivity contribution in [3.05, 3.63) is 30.1 Å². The highest BCUT2D eigenvalue weighted by Crippen LogP contribution is 2.16. The molecule has 0 aliphatic carbocycles. The molecule has 2 amide bonds. The van der Waals surface area contributed by atoms with Gasteiger partial charge in [0.1, 0.15) is 6.10 Å². The topological polar surface area (TPSA) is 50.4 Å². The lowest BCUT2D eigenvalue weighted by molar-refractivity contribution is 0.201. The average molecular weight is 250 g/mol.